The quantitative estimate of drug-likeness (QED) is 0.517. The van der Waals surface area contributed by atoms with Gasteiger partial charge in [-0.3, -0.25) is 0 Å². The third-order valence-electron chi connectivity index (χ3n) is 4.87. The van der Waals surface area contributed by atoms with Crippen molar-refractivity contribution in [2.24, 2.45) is 0 Å². The second-order valence-corrected chi connectivity index (χ2v) is 6.81. The van der Waals surface area contributed by atoms with Crippen LogP contribution in [0.15, 0.2) is 14.4 Å². The predicted molar refractivity (Wildman–Crippen MR) is 102 cm³/mol. The van der Waals surface area contributed by atoms with Gasteiger partial charge in [-0.2, -0.15) is 0 Å². The Balaban J connectivity index is 3.32. The summed E-state index contributed by atoms with van der Waals surface area (Å²) < 4.78 is 18.9. The molecule has 1 heterocycles. The molecule has 0 spiro atoms. The fraction of sp³-hybridized carbons (Fsp3) is 0.833. The van der Waals surface area contributed by atoms with Crippen LogP contribution in [0.4, 0.5) is 0 Å². The minimum absolute atomic E-state index is 0.104. The van der Waals surface area contributed by atoms with Gasteiger partial charge in [-0.05, 0) is 40.0 Å². The van der Waals surface area contributed by atoms with Crippen molar-refractivity contribution in [3.05, 3.63) is 31.5 Å². The van der Waals surface area contributed by atoms with Crippen molar-refractivity contribution < 1.29 is 14.2 Å². The van der Waals surface area contributed by atoms with Crippen LogP contribution in [0.25, 0.3) is 0 Å². The number of hydrogen-bond donors (Lipinski definition) is 0. The molecule has 0 saturated carbocycles. The normalized spacial score (nSPS) is 14.9. The van der Waals surface area contributed by atoms with E-state index in [9.17, 15) is 14.4 Å². The third kappa shape index (κ3) is 6.44. The molecule has 9 nitrogen and oxygen atoms in total. The summed E-state index contributed by atoms with van der Waals surface area (Å²) in [5.74, 6) is 0. The Morgan fingerprint density at radius 2 is 0.815 bits per heavy atom. The van der Waals surface area contributed by atoms with Crippen molar-refractivity contribution in [3.8, 4) is 0 Å². The van der Waals surface area contributed by atoms with Gasteiger partial charge in [-0.15, -0.1) is 0 Å². The number of methoxy groups -OCH3 is 3. The zero-order valence-corrected chi connectivity index (χ0v) is 17.3. The number of aromatic nitrogens is 3. The Morgan fingerprint density at radius 3 is 1.00 bits per heavy atom. The lowest BCUT2D eigenvalue weighted by atomic mass is 10.2. The van der Waals surface area contributed by atoms with E-state index in [1.165, 1.54) is 0 Å². The third-order valence-corrected chi connectivity index (χ3v) is 4.87. The van der Waals surface area contributed by atoms with E-state index < -0.39 is 17.1 Å². The molecule has 0 aliphatic rings. The lowest BCUT2D eigenvalue weighted by Crippen LogP contribution is -2.55. The molecule has 3 unspecified atom stereocenters. The van der Waals surface area contributed by atoms with Gasteiger partial charge in [0.15, 0.2) is 0 Å². The van der Waals surface area contributed by atoms with Crippen molar-refractivity contribution in [3.63, 3.8) is 0 Å². The number of nitrogens with zero attached hydrogens (tertiary/aromatic N) is 3. The molecule has 0 aliphatic heterocycles. The highest BCUT2D eigenvalue weighted by Gasteiger charge is 2.17. The second kappa shape index (κ2) is 11.2. The van der Waals surface area contributed by atoms with Crippen LogP contribution in [0.3, 0.4) is 0 Å². The van der Waals surface area contributed by atoms with Crippen LogP contribution in [0.2, 0.25) is 0 Å². The first-order valence-electron chi connectivity index (χ1n) is 9.29. The predicted octanol–water partition coefficient (Wildman–Crippen LogP) is 0.447. The summed E-state index contributed by atoms with van der Waals surface area (Å²) in [6, 6.07) is 0. The minimum Gasteiger partial charge on any atom is -0.382 e. The lowest BCUT2D eigenvalue weighted by molar-refractivity contribution is 0.101. The van der Waals surface area contributed by atoms with Crippen LogP contribution in [0, 0.1) is 0 Å². The highest BCUT2D eigenvalue weighted by atomic mass is 16.5. The van der Waals surface area contributed by atoms with Gasteiger partial charge in [-0.1, -0.05) is 0 Å². The Hall–Kier alpha value is -1.71. The van der Waals surface area contributed by atoms with E-state index in [1.807, 2.05) is 20.8 Å². The molecular formula is C18H33N3O6. The van der Waals surface area contributed by atoms with Crippen molar-refractivity contribution >= 4 is 0 Å². The lowest BCUT2D eigenvalue weighted by Gasteiger charge is -2.17. The van der Waals surface area contributed by atoms with E-state index in [0.717, 1.165) is 13.7 Å². The Bertz CT molecular complexity index is 621. The molecule has 0 amide bonds. The molecule has 0 fully saturated rings. The van der Waals surface area contributed by atoms with E-state index in [2.05, 4.69) is 0 Å². The van der Waals surface area contributed by atoms with Gasteiger partial charge in [0.25, 0.3) is 0 Å². The number of rotatable bonds is 12. The summed E-state index contributed by atoms with van der Waals surface area (Å²) in [5, 5.41) is 0. The molecule has 1 aromatic rings. The smallest absolute Gasteiger partial charge is 0.336 e. The van der Waals surface area contributed by atoms with Gasteiger partial charge in [0.2, 0.25) is 0 Å². The topological polar surface area (TPSA) is 93.7 Å². The van der Waals surface area contributed by atoms with E-state index in [1.54, 1.807) is 21.3 Å². The molecule has 27 heavy (non-hydrogen) atoms. The Morgan fingerprint density at radius 1 is 0.593 bits per heavy atom. The van der Waals surface area contributed by atoms with Crippen LogP contribution in [-0.2, 0) is 33.8 Å². The summed E-state index contributed by atoms with van der Waals surface area (Å²) >= 11 is 0. The van der Waals surface area contributed by atoms with E-state index in [0.29, 0.717) is 19.3 Å². The van der Waals surface area contributed by atoms with Crippen LogP contribution >= 0.6 is 0 Å². The van der Waals surface area contributed by atoms with Crippen LogP contribution < -0.4 is 17.1 Å². The second-order valence-electron chi connectivity index (χ2n) is 6.81. The molecule has 3 atom stereocenters. The first-order valence-corrected chi connectivity index (χ1v) is 9.29. The van der Waals surface area contributed by atoms with Crippen molar-refractivity contribution in [2.75, 3.05) is 21.3 Å². The standard InChI is InChI=1S/C18H33N3O6/c1-13(25-4)7-10-19-16(22)20(11-8-14(2)26-5)18(24)21(17(19)23)12-9-15(3)27-6/h13-15H,7-12H2,1-6H3. The first kappa shape index (κ1) is 23.3. The molecule has 0 saturated heterocycles. The average Bonchev–Trinajstić information content (AvgIpc) is 2.66. The number of ether oxygens (including phenoxy) is 3. The van der Waals surface area contributed by atoms with Crippen molar-refractivity contribution in [2.45, 2.75) is 78.0 Å². The minimum atomic E-state index is -0.590. The molecule has 0 radical (unpaired) electrons. The van der Waals surface area contributed by atoms with Gasteiger partial charge in [-0.25, -0.2) is 28.1 Å². The highest BCUT2D eigenvalue weighted by Crippen LogP contribution is 1.99. The molecule has 9 heteroatoms. The average molecular weight is 387 g/mol. The SMILES string of the molecule is COC(C)CCn1c(=O)n(CCC(C)OC)c(=O)n(CCC(C)OC)c1=O. The van der Waals surface area contributed by atoms with Gasteiger partial charge < -0.3 is 14.2 Å². The maximum Gasteiger partial charge on any atom is 0.336 e. The fourth-order valence-corrected chi connectivity index (χ4v) is 2.54. The molecular weight excluding hydrogens is 354 g/mol. The van der Waals surface area contributed by atoms with Gasteiger partial charge in [0.05, 0.1) is 18.3 Å². The molecule has 0 bridgehead atoms. The fourth-order valence-electron chi connectivity index (χ4n) is 2.54. The molecule has 0 aromatic carbocycles. The van der Waals surface area contributed by atoms with E-state index >= 15 is 0 Å². The molecule has 0 N–H and O–H groups in total. The van der Waals surface area contributed by atoms with Crippen molar-refractivity contribution in [1.29, 1.82) is 0 Å². The van der Waals surface area contributed by atoms with Gasteiger partial charge >= 0.3 is 17.1 Å². The largest absolute Gasteiger partial charge is 0.382 e. The zero-order valence-electron chi connectivity index (χ0n) is 17.3. The Labute approximate surface area is 159 Å². The van der Waals surface area contributed by atoms with E-state index in [-0.39, 0.29) is 37.9 Å². The molecule has 0 aliphatic carbocycles. The first-order chi connectivity index (χ1) is 12.8. The monoisotopic (exact) mass is 387 g/mol. The molecule has 1 aromatic heterocycles. The van der Waals surface area contributed by atoms with Gasteiger partial charge in [0.1, 0.15) is 0 Å². The van der Waals surface area contributed by atoms with Crippen LogP contribution in [-0.4, -0.2) is 53.3 Å². The maximum atomic E-state index is 12.8. The van der Waals surface area contributed by atoms with Crippen molar-refractivity contribution in [1.82, 2.24) is 13.7 Å². The maximum absolute atomic E-state index is 12.8. The molecule has 156 valence electrons. The number of hydrogen-bond acceptors (Lipinski definition) is 6. The van der Waals surface area contributed by atoms with E-state index in [4.69, 9.17) is 14.2 Å². The highest BCUT2D eigenvalue weighted by molar-refractivity contribution is 4.80. The zero-order chi connectivity index (χ0) is 20.6. The van der Waals surface area contributed by atoms with Crippen LogP contribution in [0.1, 0.15) is 40.0 Å². The summed E-state index contributed by atoms with van der Waals surface area (Å²) in [4.78, 5) is 38.3. The Kier molecular flexibility index (Phi) is 9.68. The summed E-state index contributed by atoms with van der Waals surface area (Å²) in [6.07, 6.45) is 1.17. The van der Waals surface area contributed by atoms with Gasteiger partial charge in [0, 0.05) is 41.0 Å². The summed E-state index contributed by atoms with van der Waals surface area (Å²) in [7, 11) is 4.72. The summed E-state index contributed by atoms with van der Waals surface area (Å²) in [5.41, 5.74) is -1.77. The molecule has 1 rings (SSSR count). The van der Waals surface area contributed by atoms with Crippen LogP contribution in [0.5, 0.6) is 0 Å². The summed E-state index contributed by atoms with van der Waals surface area (Å²) in [6.45, 7) is 6.15.